The number of hydrazine groups is 1. The fourth-order valence-corrected chi connectivity index (χ4v) is 2.40. The highest BCUT2D eigenvalue weighted by Gasteiger charge is 2.30. The Kier molecular flexibility index (Phi) is 2.11. The Bertz CT molecular complexity index is 137. The number of piperidine rings is 2. The van der Waals surface area contributed by atoms with Gasteiger partial charge in [-0.05, 0) is 38.3 Å². The normalized spacial score (nSPS) is 43.9. The van der Waals surface area contributed by atoms with Gasteiger partial charge in [0.1, 0.15) is 0 Å². The molecular formula is C8H17N3. The van der Waals surface area contributed by atoms with Crippen molar-refractivity contribution in [2.24, 2.45) is 11.8 Å². The van der Waals surface area contributed by atoms with Crippen LogP contribution in [0.15, 0.2) is 0 Å². The van der Waals surface area contributed by atoms with Crippen molar-refractivity contribution in [2.45, 2.75) is 25.3 Å². The molecular weight excluding hydrogens is 138 g/mol. The second kappa shape index (κ2) is 3.09. The SMILES string of the molecule is NN[C@H]1CCN2CCCC1C2. The van der Waals surface area contributed by atoms with E-state index < -0.39 is 0 Å². The Balaban J connectivity index is 1.97. The summed E-state index contributed by atoms with van der Waals surface area (Å²) in [6, 6.07) is 0.589. The van der Waals surface area contributed by atoms with Gasteiger partial charge in [0.05, 0.1) is 0 Å². The van der Waals surface area contributed by atoms with Crippen LogP contribution in [0.1, 0.15) is 19.3 Å². The molecule has 0 aromatic heterocycles. The summed E-state index contributed by atoms with van der Waals surface area (Å²) in [6.45, 7) is 3.83. The van der Waals surface area contributed by atoms with Crippen LogP contribution in [-0.4, -0.2) is 30.6 Å². The number of nitrogens with one attached hydrogen (secondary N) is 1. The number of rotatable bonds is 1. The smallest absolute Gasteiger partial charge is 0.0263 e. The van der Waals surface area contributed by atoms with E-state index in [1.165, 1.54) is 38.9 Å². The number of hydrogen-bond donors (Lipinski definition) is 2. The Labute approximate surface area is 67.9 Å². The van der Waals surface area contributed by atoms with Gasteiger partial charge < -0.3 is 4.90 Å². The third-order valence-corrected chi connectivity index (χ3v) is 3.08. The third kappa shape index (κ3) is 1.41. The maximum atomic E-state index is 5.47. The lowest BCUT2D eigenvalue weighted by Gasteiger charge is -2.42. The maximum Gasteiger partial charge on any atom is 0.0263 e. The molecule has 11 heavy (non-hydrogen) atoms. The number of nitrogens with zero attached hydrogens (tertiary/aromatic N) is 1. The zero-order chi connectivity index (χ0) is 7.68. The first-order chi connectivity index (χ1) is 5.40. The minimum atomic E-state index is 0.589. The highest BCUT2D eigenvalue weighted by Crippen LogP contribution is 2.25. The van der Waals surface area contributed by atoms with E-state index in [1.54, 1.807) is 0 Å². The van der Waals surface area contributed by atoms with Gasteiger partial charge in [0, 0.05) is 12.6 Å². The van der Waals surface area contributed by atoms with Gasteiger partial charge in [0.15, 0.2) is 0 Å². The van der Waals surface area contributed by atoms with Crippen LogP contribution in [0.2, 0.25) is 0 Å². The van der Waals surface area contributed by atoms with Crippen LogP contribution in [0.4, 0.5) is 0 Å². The van der Waals surface area contributed by atoms with Crippen molar-refractivity contribution < 1.29 is 0 Å². The Hall–Kier alpha value is -0.120. The highest BCUT2D eigenvalue weighted by atomic mass is 15.3. The van der Waals surface area contributed by atoms with E-state index in [4.69, 9.17) is 5.84 Å². The first-order valence-corrected chi connectivity index (χ1v) is 4.58. The highest BCUT2D eigenvalue weighted by molar-refractivity contribution is 4.87. The van der Waals surface area contributed by atoms with Crippen molar-refractivity contribution in [3.05, 3.63) is 0 Å². The second-order valence-electron chi connectivity index (χ2n) is 3.76. The molecule has 2 aliphatic rings. The first-order valence-electron chi connectivity index (χ1n) is 4.58. The fourth-order valence-electron chi connectivity index (χ4n) is 2.40. The van der Waals surface area contributed by atoms with Gasteiger partial charge in [-0.25, -0.2) is 0 Å². The molecule has 0 saturated carbocycles. The van der Waals surface area contributed by atoms with Gasteiger partial charge in [-0.1, -0.05) is 0 Å². The lowest BCUT2D eigenvalue weighted by molar-refractivity contribution is 0.0924. The molecule has 3 nitrogen and oxygen atoms in total. The lowest BCUT2D eigenvalue weighted by atomic mass is 9.85. The molecule has 2 heterocycles. The maximum absolute atomic E-state index is 5.47. The molecule has 64 valence electrons. The summed E-state index contributed by atoms with van der Waals surface area (Å²) in [5.41, 5.74) is 2.93. The molecule has 3 atom stereocenters. The molecule has 2 unspecified atom stereocenters. The van der Waals surface area contributed by atoms with Crippen LogP contribution in [0.3, 0.4) is 0 Å². The second-order valence-corrected chi connectivity index (χ2v) is 3.76. The molecule has 0 amide bonds. The fraction of sp³-hybridized carbons (Fsp3) is 1.00. The van der Waals surface area contributed by atoms with Gasteiger partial charge in [-0.3, -0.25) is 11.3 Å². The van der Waals surface area contributed by atoms with E-state index >= 15 is 0 Å². The summed E-state index contributed by atoms with van der Waals surface area (Å²) in [6.07, 6.45) is 3.97. The van der Waals surface area contributed by atoms with E-state index in [0.29, 0.717) is 6.04 Å². The average Bonchev–Trinajstić information content (AvgIpc) is 2.06. The van der Waals surface area contributed by atoms with E-state index in [9.17, 15) is 0 Å². The van der Waals surface area contributed by atoms with Crippen LogP contribution in [-0.2, 0) is 0 Å². The largest absolute Gasteiger partial charge is 0.303 e. The molecule has 2 saturated heterocycles. The van der Waals surface area contributed by atoms with Gasteiger partial charge in [0.2, 0.25) is 0 Å². The van der Waals surface area contributed by atoms with E-state index in [-0.39, 0.29) is 0 Å². The van der Waals surface area contributed by atoms with Crippen LogP contribution in [0, 0.1) is 5.92 Å². The Morgan fingerprint density at radius 3 is 3.00 bits per heavy atom. The standard InChI is InChI=1S/C8H17N3/c9-10-8-3-5-11-4-1-2-7(8)6-11/h7-8,10H,1-6,9H2/t7?,8-/m0/s1. The van der Waals surface area contributed by atoms with Crippen molar-refractivity contribution in [3.8, 4) is 0 Å². The molecule has 0 aliphatic carbocycles. The summed E-state index contributed by atoms with van der Waals surface area (Å²) >= 11 is 0. The van der Waals surface area contributed by atoms with Crippen molar-refractivity contribution in [2.75, 3.05) is 19.6 Å². The molecule has 3 heteroatoms. The van der Waals surface area contributed by atoms with Crippen molar-refractivity contribution in [1.29, 1.82) is 0 Å². The molecule has 2 bridgehead atoms. The number of fused-ring (bicyclic) bond motifs is 2. The van der Waals surface area contributed by atoms with E-state index in [0.717, 1.165) is 5.92 Å². The summed E-state index contributed by atoms with van der Waals surface area (Å²) in [7, 11) is 0. The topological polar surface area (TPSA) is 41.3 Å². The van der Waals surface area contributed by atoms with Crippen molar-refractivity contribution >= 4 is 0 Å². The van der Waals surface area contributed by atoms with Crippen LogP contribution in [0.25, 0.3) is 0 Å². The summed E-state index contributed by atoms with van der Waals surface area (Å²) in [5.74, 6) is 6.29. The molecule has 2 aliphatic heterocycles. The summed E-state index contributed by atoms with van der Waals surface area (Å²) in [5, 5.41) is 0. The van der Waals surface area contributed by atoms with Crippen LogP contribution >= 0.6 is 0 Å². The quantitative estimate of drug-likeness (QED) is 0.411. The molecule has 0 spiro atoms. The molecule has 2 rings (SSSR count). The monoisotopic (exact) mass is 155 g/mol. The molecule has 0 aromatic rings. The molecule has 0 radical (unpaired) electrons. The number of nitrogens with two attached hydrogens (primary N) is 1. The Morgan fingerprint density at radius 1 is 1.27 bits per heavy atom. The van der Waals surface area contributed by atoms with Gasteiger partial charge in [-0.2, -0.15) is 0 Å². The zero-order valence-electron chi connectivity index (χ0n) is 6.92. The molecule has 0 aromatic carbocycles. The third-order valence-electron chi connectivity index (χ3n) is 3.08. The lowest BCUT2D eigenvalue weighted by Crippen LogP contribution is -2.53. The zero-order valence-corrected chi connectivity index (χ0v) is 6.92. The predicted octanol–water partition coefficient (Wildman–Crippen LogP) is -0.0660. The summed E-state index contributed by atoms with van der Waals surface area (Å²) in [4.78, 5) is 2.56. The van der Waals surface area contributed by atoms with E-state index in [2.05, 4.69) is 10.3 Å². The molecule has 2 fully saturated rings. The minimum Gasteiger partial charge on any atom is -0.303 e. The van der Waals surface area contributed by atoms with Crippen molar-refractivity contribution in [1.82, 2.24) is 10.3 Å². The van der Waals surface area contributed by atoms with Crippen LogP contribution < -0.4 is 11.3 Å². The van der Waals surface area contributed by atoms with Crippen LogP contribution in [0.5, 0.6) is 0 Å². The average molecular weight is 155 g/mol. The first kappa shape index (κ1) is 7.53. The van der Waals surface area contributed by atoms with Gasteiger partial charge in [-0.15, -0.1) is 0 Å². The summed E-state index contributed by atoms with van der Waals surface area (Å²) < 4.78 is 0. The minimum absolute atomic E-state index is 0.589. The van der Waals surface area contributed by atoms with Crippen molar-refractivity contribution in [3.63, 3.8) is 0 Å². The van der Waals surface area contributed by atoms with E-state index in [1.807, 2.05) is 0 Å². The number of hydrogen-bond acceptors (Lipinski definition) is 3. The predicted molar refractivity (Wildman–Crippen MR) is 44.9 cm³/mol. The Morgan fingerprint density at radius 2 is 2.18 bits per heavy atom. The molecule has 3 N–H and O–H groups in total. The van der Waals surface area contributed by atoms with Gasteiger partial charge >= 0.3 is 0 Å². The van der Waals surface area contributed by atoms with Gasteiger partial charge in [0.25, 0.3) is 0 Å².